The summed E-state index contributed by atoms with van der Waals surface area (Å²) in [7, 11) is 0. The van der Waals surface area contributed by atoms with Gasteiger partial charge in [-0.1, -0.05) is 71.2 Å². The lowest BCUT2D eigenvalue weighted by atomic mass is 9.95. The van der Waals surface area contributed by atoms with Crippen molar-refractivity contribution in [2.45, 2.75) is 71.2 Å². The molecule has 2 amide bonds. The molecule has 14 nitrogen and oxygen atoms in total. The van der Waals surface area contributed by atoms with E-state index in [1.54, 1.807) is 46.5 Å². The van der Waals surface area contributed by atoms with E-state index in [4.69, 9.17) is 53.8 Å². The summed E-state index contributed by atoms with van der Waals surface area (Å²) in [6, 6.07) is 25.1. The zero-order valence-corrected chi connectivity index (χ0v) is 40.3. The maximum atomic E-state index is 13.8. The number of nitriles is 2. The first kappa shape index (κ1) is 49.5. The number of aliphatic hydroxyl groups is 2. The van der Waals surface area contributed by atoms with Crippen LogP contribution in [-0.4, -0.2) is 80.2 Å². The van der Waals surface area contributed by atoms with Crippen LogP contribution in [0, 0.1) is 29.6 Å². The number of amides is 2. The molecular formula is C53H47Cl3N6O8. The molecule has 2 fully saturated rings. The number of pyridine rings is 2. The molecule has 0 unspecified atom stereocenters. The Morgan fingerprint density at radius 3 is 1.50 bits per heavy atom. The van der Waals surface area contributed by atoms with Crippen LogP contribution in [-0.2, 0) is 26.4 Å². The van der Waals surface area contributed by atoms with Crippen LogP contribution in [0.4, 0.5) is 0 Å². The molecule has 6 aromatic rings. The molecule has 2 aliphatic rings. The molecule has 4 heterocycles. The summed E-state index contributed by atoms with van der Waals surface area (Å²) < 4.78 is 25.0. The van der Waals surface area contributed by atoms with Gasteiger partial charge < -0.3 is 39.0 Å². The van der Waals surface area contributed by atoms with Crippen LogP contribution in [0.3, 0.4) is 0 Å². The van der Waals surface area contributed by atoms with Crippen LogP contribution in [0.25, 0.3) is 11.1 Å². The van der Waals surface area contributed by atoms with Crippen molar-refractivity contribution in [1.29, 1.82) is 10.5 Å². The number of aliphatic hydroxyl groups excluding tert-OH is 2. The Bertz CT molecular complexity index is 2800. The molecule has 0 atom stereocenters. The molecular weight excluding hydrogens is 955 g/mol. The molecule has 0 bridgehead atoms. The molecule has 4 aromatic carbocycles. The van der Waals surface area contributed by atoms with Crippen molar-refractivity contribution < 1.29 is 38.7 Å². The molecule has 0 radical (unpaired) electrons. The minimum atomic E-state index is -0.468. The summed E-state index contributed by atoms with van der Waals surface area (Å²) in [6.45, 7) is 3.64. The van der Waals surface area contributed by atoms with Gasteiger partial charge in [0.05, 0.1) is 49.5 Å². The minimum Gasteiger partial charge on any atom is -0.488 e. The van der Waals surface area contributed by atoms with Crippen LogP contribution >= 0.6 is 34.8 Å². The number of likely N-dealkylation sites (tertiary alicyclic amines) is 2. The van der Waals surface area contributed by atoms with Crippen molar-refractivity contribution in [3.05, 3.63) is 163 Å². The monoisotopic (exact) mass is 1000 g/mol. The van der Waals surface area contributed by atoms with E-state index in [-0.39, 0.29) is 82.4 Å². The van der Waals surface area contributed by atoms with Crippen molar-refractivity contribution in [2.24, 2.45) is 0 Å². The Balaban J connectivity index is 1.01. The second kappa shape index (κ2) is 22.7. The summed E-state index contributed by atoms with van der Waals surface area (Å²) in [5.41, 5.74) is 6.45. The Morgan fingerprint density at radius 2 is 1.03 bits per heavy atom. The number of halogens is 3. The Morgan fingerprint density at radius 1 is 0.600 bits per heavy atom. The number of piperidine rings is 2. The first-order chi connectivity index (χ1) is 33.9. The molecule has 70 heavy (non-hydrogen) atoms. The van der Waals surface area contributed by atoms with E-state index in [2.05, 4.69) is 22.1 Å². The van der Waals surface area contributed by atoms with E-state index in [9.17, 15) is 30.3 Å². The van der Waals surface area contributed by atoms with Gasteiger partial charge in [0.25, 0.3) is 11.8 Å². The topological polar surface area (TPSA) is 191 Å². The SMILES string of the molecule is Cc1c(COc2cc(OCc3cncc(C#N)c3)c(C(=O)N3CCC(O)CC3)cc2Cl)cccc1-c1cccc(COc2cc(OCc3cncc(C#N)c3)c(C(=O)N3CCC(O)CC3)cc2Cl)c1Cl. The van der Waals surface area contributed by atoms with Gasteiger partial charge in [0.15, 0.2) is 0 Å². The highest BCUT2D eigenvalue weighted by molar-refractivity contribution is 6.34. The molecule has 358 valence electrons. The Kier molecular flexibility index (Phi) is 16.0. The molecule has 17 heteroatoms. The molecule has 2 aromatic heterocycles. The number of aromatic nitrogens is 2. The fourth-order valence-electron chi connectivity index (χ4n) is 8.26. The van der Waals surface area contributed by atoms with Crippen LogP contribution < -0.4 is 18.9 Å². The number of ether oxygens (including phenoxy) is 4. The van der Waals surface area contributed by atoms with E-state index >= 15 is 0 Å². The third kappa shape index (κ3) is 11.7. The van der Waals surface area contributed by atoms with Crippen molar-refractivity contribution in [3.8, 4) is 46.3 Å². The summed E-state index contributed by atoms with van der Waals surface area (Å²) in [6.07, 6.45) is 6.98. The van der Waals surface area contributed by atoms with E-state index < -0.39 is 12.2 Å². The predicted octanol–water partition coefficient (Wildman–Crippen LogP) is 9.67. The third-order valence-corrected chi connectivity index (χ3v) is 13.3. The van der Waals surface area contributed by atoms with E-state index in [0.29, 0.717) is 84.7 Å². The van der Waals surface area contributed by atoms with Gasteiger partial charge in [-0.15, -0.1) is 0 Å². The maximum absolute atomic E-state index is 13.8. The van der Waals surface area contributed by atoms with E-state index in [0.717, 1.165) is 22.3 Å². The lowest BCUT2D eigenvalue weighted by Crippen LogP contribution is -2.40. The first-order valence-corrected chi connectivity index (χ1v) is 23.7. The van der Waals surface area contributed by atoms with Crippen molar-refractivity contribution >= 4 is 46.6 Å². The largest absolute Gasteiger partial charge is 0.488 e. The molecule has 8 rings (SSSR count). The van der Waals surface area contributed by atoms with Gasteiger partial charge in [-0.05, 0) is 73.6 Å². The molecule has 0 spiro atoms. The lowest BCUT2D eigenvalue weighted by Gasteiger charge is -2.30. The molecule has 0 saturated carbocycles. The van der Waals surface area contributed by atoms with Gasteiger partial charge in [-0.25, -0.2) is 0 Å². The molecule has 2 saturated heterocycles. The van der Waals surface area contributed by atoms with Crippen molar-refractivity contribution in [2.75, 3.05) is 26.2 Å². The molecule has 2 N–H and O–H groups in total. The van der Waals surface area contributed by atoms with Gasteiger partial charge in [0.1, 0.15) is 61.6 Å². The number of carbonyl (C=O) groups excluding carboxylic acids is 2. The van der Waals surface area contributed by atoms with Gasteiger partial charge in [-0.2, -0.15) is 10.5 Å². The lowest BCUT2D eigenvalue weighted by molar-refractivity contribution is 0.0532. The number of hydrogen-bond acceptors (Lipinski definition) is 12. The van der Waals surface area contributed by atoms with E-state index in [1.165, 1.54) is 24.5 Å². The third-order valence-electron chi connectivity index (χ3n) is 12.3. The summed E-state index contributed by atoms with van der Waals surface area (Å²) in [5.74, 6) is 0.415. The van der Waals surface area contributed by atoms with Crippen molar-refractivity contribution in [1.82, 2.24) is 19.8 Å². The number of rotatable bonds is 15. The number of benzene rings is 4. The molecule has 2 aliphatic heterocycles. The Hall–Kier alpha value is -6.91. The fourth-order valence-corrected chi connectivity index (χ4v) is 8.98. The van der Waals surface area contributed by atoms with E-state index in [1.807, 2.05) is 43.3 Å². The van der Waals surface area contributed by atoms with Crippen molar-refractivity contribution in [3.63, 3.8) is 0 Å². The second-order valence-corrected chi connectivity index (χ2v) is 18.2. The van der Waals surface area contributed by atoms with Crippen LogP contribution in [0.5, 0.6) is 23.0 Å². The second-order valence-electron chi connectivity index (χ2n) is 17.0. The average molecular weight is 1000 g/mol. The predicted molar refractivity (Wildman–Crippen MR) is 262 cm³/mol. The Labute approximate surface area is 420 Å². The first-order valence-electron chi connectivity index (χ1n) is 22.6. The smallest absolute Gasteiger partial charge is 0.257 e. The van der Waals surface area contributed by atoms with Gasteiger partial charge in [-0.3, -0.25) is 19.6 Å². The summed E-state index contributed by atoms with van der Waals surface area (Å²) in [5, 5.41) is 39.7. The maximum Gasteiger partial charge on any atom is 0.257 e. The van der Waals surface area contributed by atoms with Gasteiger partial charge >= 0.3 is 0 Å². The summed E-state index contributed by atoms with van der Waals surface area (Å²) in [4.78, 5) is 39.2. The fraction of sp³-hybridized carbons (Fsp3) is 0.283. The van der Waals surface area contributed by atoms with Gasteiger partial charge in [0, 0.05) is 85.4 Å². The summed E-state index contributed by atoms with van der Waals surface area (Å²) >= 11 is 20.8. The standard InChI is InChI=1S/C53H47Cl3N6O8/c1-32-37(30-69-49-20-47(67-28-35-16-33(22-57)24-59-26-35)43(18-45(49)54)52(65)61-12-8-39(63)9-13-61)4-2-6-41(32)42-7-3-5-38(51(42)56)31-70-50-21-48(68-29-36-17-34(23-58)25-60-27-36)44(19-46(50)55)53(66)62-14-10-40(64)11-15-62/h2-7,16-21,24-27,39-40,63-64H,8-15,28-31H2,1H3. The number of carbonyl (C=O) groups is 2. The highest BCUT2D eigenvalue weighted by Gasteiger charge is 2.28. The normalized spacial score (nSPS) is 14.1. The highest BCUT2D eigenvalue weighted by atomic mass is 35.5. The van der Waals surface area contributed by atoms with Crippen LogP contribution in [0.1, 0.15) is 85.3 Å². The minimum absolute atomic E-state index is 0.0140. The zero-order valence-electron chi connectivity index (χ0n) is 38.0. The number of hydrogen-bond donors (Lipinski definition) is 2. The quantitative estimate of drug-likeness (QED) is 0.0992. The molecule has 0 aliphatic carbocycles. The number of nitrogens with zero attached hydrogens (tertiary/aromatic N) is 6. The van der Waals surface area contributed by atoms with Crippen LogP contribution in [0.2, 0.25) is 15.1 Å². The highest BCUT2D eigenvalue weighted by Crippen LogP contribution is 2.39. The average Bonchev–Trinajstić information content (AvgIpc) is 3.38. The van der Waals surface area contributed by atoms with Gasteiger partial charge in [0.2, 0.25) is 0 Å². The van der Waals surface area contributed by atoms with Crippen LogP contribution in [0.15, 0.2) is 97.6 Å². The zero-order chi connectivity index (χ0) is 49.3.